The van der Waals surface area contributed by atoms with Gasteiger partial charge in [-0.15, -0.1) is 0 Å². The predicted octanol–water partition coefficient (Wildman–Crippen LogP) is 3.19. The Kier molecular flexibility index (Phi) is 6.54. The number of aliphatic hydroxyl groups excluding tert-OH is 1. The number of likely N-dealkylation sites (N-methyl/N-ethyl adjacent to an activating group) is 1. The van der Waals surface area contributed by atoms with Gasteiger partial charge in [0.25, 0.3) is 5.91 Å². The topological polar surface area (TPSA) is 61.8 Å². The van der Waals surface area contributed by atoms with E-state index in [1.54, 1.807) is 24.3 Å². The summed E-state index contributed by atoms with van der Waals surface area (Å²) in [5.74, 6) is -0.113. The highest BCUT2D eigenvalue weighted by molar-refractivity contribution is 5.95. The van der Waals surface area contributed by atoms with Crippen molar-refractivity contribution < 1.29 is 19.0 Å². The Hall–Kier alpha value is -2.86. The second kappa shape index (κ2) is 8.84. The van der Waals surface area contributed by atoms with Crippen LogP contribution in [-0.2, 0) is 4.79 Å². The molecule has 0 aliphatic carbocycles. The third-order valence-corrected chi connectivity index (χ3v) is 3.31. The maximum atomic E-state index is 12.9. The molecule has 0 aliphatic rings. The third-order valence-electron chi connectivity index (χ3n) is 3.31. The first-order chi connectivity index (χ1) is 11.9. The molecule has 25 heavy (non-hydrogen) atoms. The van der Waals surface area contributed by atoms with Crippen LogP contribution in [0.1, 0.15) is 5.56 Å². The van der Waals surface area contributed by atoms with E-state index in [1.807, 2.05) is 19.0 Å². The molecule has 0 heterocycles. The second-order valence-electron chi connectivity index (χ2n) is 5.71. The molecule has 0 fully saturated rings. The molecule has 2 aromatic rings. The summed E-state index contributed by atoms with van der Waals surface area (Å²) < 4.78 is 18.4. The number of nitrogens with one attached hydrogen (secondary N) is 1. The standard InChI is InChI=1S/C19H21FN2O3/c1-22(2)12-11-21-19(24)18(23)13-14-3-7-16(8-4-14)25-17-9-5-15(20)6-10-17/h3-10,13,23H,11-12H2,1-2H3,(H,21,24)/b18-13-. The van der Waals surface area contributed by atoms with Gasteiger partial charge in [0.15, 0.2) is 5.76 Å². The zero-order valence-corrected chi connectivity index (χ0v) is 14.2. The number of carbonyl (C=O) groups excluding carboxylic acids is 1. The molecule has 0 unspecified atom stereocenters. The Balaban J connectivity index is 1.94. The average molecular weight is 344 g/mol. The number of nitrogens with zero attached hydrogens (tertiary/aromatic N) is 1. The summed E-state index contributed by atoms with van der Waals surface area (Å²) in [6, 6.07) is 12.5. The molecule has 0 radical (unpaired) electrons. The molecule has 0 saturated carbocycles. The second-order valence-corrected chi connectivity index (χ2v) is 5.71. The van der Waals surface area contributed by atoms with E-state index in [0.29, 0.717) is 30.2 Å². The van der Waals surface area contributed by atoms with Crippen LogP contribution in [0.15, 0.2) is 54.3 Å². The summed E-state index contributed by atoms with van der Waals surface area (Å²) in [6.07, 6.45) is 1.38. The lowest BCUT2D eigenvalue weighted by Gasteiger charge is -2.10. The van der Waals surface area contributed by atoms with E-state index < -0.39 is 5.91 Å². The minimum absolute atomic E-state index is 0.327. The summed E-state index contributed by atoms with van der Waals surface area (Å²) in [6.45, 7) is 1.14. The van der Waals surface area contributed by atoms with Gasteiger partial charge in [0, 0.05) is 13.1 Å². The van der Waals surface area contributed by atoms with E-state index in [-0.39, 0.29) is 11.6 Å². The number of amides is 1. The molecule has 2 aromatic carbocycles. The number of rotatable bonds is 7. The van der Waals surface area contributed by atoms with Gasteiger partial charge in [-0.2, -0.15) is 0 Å². The number of aliphatic hydroxyl groups is 1. The Morgan fingerprint density at radius 3 is 2.24 bits per heavy atom. The van der Waals surface area contributed by atoms with Crippen molar-refractivity contribution in [1.82, 2.24) is 10.2 Å². The van der Waals surface area contributed by atoms with Gasteiger partial charge in [0.05, 0.1) is 0 Å². The number of hydrogen-bond acceptors (Lipinski definition) is 4. The van der Waals surface area contributed by atoms with Gasteiger partial charge < -0.3 is 20.1 Å². The van der Waals surface area contributed by atoms with Crippen LogP contribution in [0.4, 0.5) is 4.39 Å². The van der Waals surface area contributed by atoms with Gasteiger partial charge in [0.2, 0.25) is 0 Å². The monoisotopic (exact) mass is 344 g/mol. The SMILES string of the molecule is CN(C)CCNC(=O)/C(O)=C/c1ccc(Oc2ccc(F)cc2)cc1. The molecule has 1 amide bonds. The van der Waals surface area contributed by atoms with E-state index in [0.717, 1.165) is 0 Å². The minimum atomic E-state index is -0.520. The normalized spacial score (nSPS) is 11.4. The van der Waals surface area contributed by atoms with Crippen LogP contribution < -0.4 is 10.1 Å². The fourth-order valence-corrected chi connectivity index (χ4v) is 1.98. The Bertz CT molecular complexity index is 725. The lowest BCUT2D eigenvalue weighted by Crippen LogP contribution is -2.32. The van der Waals surface area contributed by atoms with E-state index in [4.69, 9.17) is 4.74 Å². The van der Waals surface area contributed by atoms with Crippen molar-refractivity contribution in [3.05, 3.63) is 65.7 Å². The van der Waals surface area contributed by atoms with Gasteiger partial charge >= 0.3 is 0 Å². The highest BCUT2D eigenvalue weighted by atomic mass is 19.1. The average Bonchev–Trinajstić information content (AvgIpc) is 2.58. The number of benzene rings is 2. The molecule has 6 heteroatoms. The van der Waals surface area contributed by atoms with Crippen molar-refractivity contribution in [1.29, 1.82) is 0 Å². The molecule has 0 bridgehead atoms. The van der Waals surface area contributed by atoms with Crippen molar-refractivity contribution >= 4 is 12.0 Å². The molecular weight excluding hydrogens is 323 g/mol. The smallest absolute Gasteiger partial charge is 0.286 e. The van der Waals surface area contributed by atoms with E-state index in [1.165, 1.54) is 30.3 Å². The first-order valence-electron chi connectivity index (χ1n) is 7.81. The van der Waals surface area contributed by atoms with Gasteiger partial charge in [-0.3, -0.25) is 4.79 Å². The molecule has 0 atom stereocenters. The van der Waals surface area contributed by atoms with E-state index in [9.17, 15) is 14.3 Å². The van der Waals surface area contributed by atoms with Crippen molar-refractivity contribution in [3.63, 3.8) is 0 Å². The van der Waals surface area contributed by atoms with Crippen LogP contribution in [0.3, 0.4) is 0 Å². The molecule has 132 valence electrons. The lowest BCUT2D eigenvalue weighted by molar-refractivity contribution is -0.119. The van der Waals surface area contributed by atoms with Crippen LogP contribution >= 0.6 is 0 Å². The fourth-order valence-electron chi connectivity index (χ4n) is 1.98. The number of ether oxygens (including phenoxy) is 1. The van der Waals surface area contributed by atoms with E-state index in [2.05, 4.69) is 5.32 Å². The predicted molar refractivity (Wildman–Crippen MR) is 95.1 cm³/mol. The summed E-state index contributed by atoms with van der Waals surface area (Å²) >= 11 is 0. The van der Waals surface area contributed by atoms with Crippen LogP contribution in [-0.4, -0.2) is 43.1 Å². The first kappa shape index (κ1) is 18.5. The molecule has 5 nitrogen and oxygen atoms in total. The van der Waals surface area contributed by atoms with Gasteiger partial charge in [-0.25, -0.2) is 4.39 Å². The summed E-state index contributed by atoms with van der Waals surface area (Å²) in [5, 5.41) is 12.5. The number of halogens is 1. The third kappa shape index (κ3) is 6.27. The maximum absolute atomic E-state index is 12.9. The number of carbonyl (C=O) groups is 1. The largest absolute Gasteiger partial charge is 0.503 e. The van der Waals surface area contributed by atoms with Crippen LogP contribution in [0.25, 0.3) is 6.08 Å². The Labute approximate surface area is 146 Å². The number of hydrogen-bond donors (Lipinski definition) is 2. The highest BCUT2D eigenvalue weighted by Gasteiger charge is 2.07. The molecular formula is C19H21FN2O3. The van der Waals surface area contributed by atoms with Crippen molar-refractivity contribution in [2.75, 3.05) is 27.2 Å². The van der Waals surface area contributed by atoms with Crippen LogP contribution in [0.2, 0.25) is 0 Å². The molecule has 2 rings (SSSR count). The molecule has 0 spiro atoms. The maximum Gasteiger partial charge on any atom is 0.286 e. The molecule has 0 saturated heterocycles. The zero-order chi connectivity index (χ0) is 18.2. The minimum Gasteiger partial charge on any atom is -0.503 e. The van der Waals surface area contributed by atoms with Gasteiger partial charge in [0.1, 0.15) is 17.3 Å². The zero-order valence-electron chi connectivity index (χ0n) is 14.2. The van der Waals surface area contributed by atoms with Crippen molar-refractivity contribution in [2.24, 2.45) is 0 Å². The molecule has 2 N–H and O–H groups in total. The first-order valence-corrected chi connectivity index (χ1v) is 7.81. The molecule has 0 aliphatic heterocycles. The van der Waals surface area contributed by atoms with E-state index >= 15 is 0 Å². The van der Waals surface area contributed by atoms with Crippen molar-refractivity contribution in [3.8, 4) is 11.5 Å². The Morgan fingerprint density at radius 2 is 1.68 bits per heavy atom. The quantitative estimate of drug-likeness (QED) is 0.598. The van der Waals surface area contributed by atoms with Gasteiger partial charge in [-0.05, 0) is 62.1 Å². The summed E-state index contributed by atoms with van der Waals surface area (Å²) in [4.78, 5) is 13.7. The molecule has 0 aromatic heterocycles. The highest BCUT2D eigenvalue weighted by Crippen LogP contribution is 2.22. The summed E-state index contributed by atoms with van der Waals surface area (Å²) in [7, 11) is 3.80. The summed E-state index contributed by atoms with van der Waals surface area (Å²) in [5.41, 5.74) is 0.659. The van der Waals surface area contributed by atoms with Gasteiger partial charge in [-0.1, -0.05) is 12.1 Å². The van der Waals surface area contributed by atoms with Crippen molar-refractivity contribution in [2.45, 2.75) is 0 Å². The Morgan fingerprint density at radius 1 is 1.12 bits per heavy atom. The lowest BCUT2D eigenvalue weighted by atomic mass is 10.2. The van der Waals surface area contributed by atoms with Crippen LogP contribution in [0.5, 0.6) is 11.5 Å². The van der Waals surface area contributed by atoms with Crippen LogP contribution in [0, 0.1) is 5.82 Å². The fraction of sp³-hybridized carbons (Fsp3) is 0.211.